The molecule has 5 heteroatoms. The van der Waals surface area contributed by atoms with Gasteiger partial charge in [0.1, 0.15) is 19.3 Å². The van der Waals surface area contributed by atoms with Crippen molar-refractivity contribution in [2.24, 2.45) is 0 Å². The van der Waals surface area contributed by atoms with E-state index in [9.17, 15) is 9.59 Å². The van der Waals surface area contributed by atoms with Crippen LogP contribution in [0.5, 0.6) is 0 Å². The SMILES string of the molecule is CC[C@@H]1OCC(=O)[C@H]1NC(=O)OCC1c2ccccc2-c2ccccc21. The number of amides is 1. The lowest BCUT2D eigenvalue weighted by Gasteiger charge is -2.18. The van der Waals surface area contributed by atoms with E-state index in [2.05, 4.69) is 29.6 Å². The van der Waals surface area contributed by atoms with Gasteiger partial charge in [-0.25, -0.2) is 4.79 Å². The van der Waals surface area contributed by atoms with Crippen LogP contribution < -0.4 is 5.32 Å². The number of ether oxygens (including phenoxy) is 2. The van der Waals surface area contributed by atoms with Crippen LogP contribution in [0.4, 0.5) is 4.79 Å². The van der Waals surface area contributed by atoms with E-state index in [-0.39, 0.29) is 31.0 Å². The molecule has 2 aliphatic rings. The zero-order valence-corrected chi connectivity index (χ0v) is 14.6. The Kier molecular flexibility index (Phi) is 4.47. The number of ketones is 1. The molecule has 0 radical (unpaired) electrons. The van der Waals surface area contributed by atoms with Crippen molar-refractivity contribution >= 4 is 11.9 Å². The number of carbonyl (C=O) groups is 2. The molecule has 0 spiro atoms. The summed E-state index contributed by atoms with van der Waals surface area (Å²) in [6.45, 7) is 2.21. The highest BCUT2D eigenvalue weighted by Gasteiger charge is 2.36. The van der Waals surface area contributed by atoms with Crippen LogP contribution in [0.1, 0.15) is 30.4 Å². The molecule has 5 nitrogen and oxygen atoms in total. The average molecular weight is 351 g/mol. The molecule has 134 valence electrons. The largest absolute Gasteiger partial charge is 0.449 e. The van der Waals surface area contributed by atoms with Crippen molar-refractivity contribution < 1.29 is 19.1 Å². The molecule has 1 N–H and O–H groups in total. The van der Waals surface area contributed by atoms with Gasteiger partial charge >= 0.3 is 6.09 Å². The number of nitrogens with one attached hydrogen (secondary N) is 1. The highest BCUT2D eigenvalue weighted by molar-refractivity contribution is 5.90. The van der Waals surface area contributed by atoms with Crippen LogP contribution in [0.2, 0.25) is 0 Å². The molecule has 1 saturated heterocycles. The van der Waals surface area contributed by atoms with Crippen molar-refractivity contribution in [1.82, 2.24) is 5.32 Å². The van der Waals surface area contributed by atoms with Gasteiger partial charge in [0.15, 0.2) is 5.78 Å². The van der Waals surface area contributed by atoms with E-state index in [1.165, 1.54) is 11.1 Å². The summed E-state index contributed by atoms with van der Waals surface area (Å²) in [5, 5.41) is 2.67. The molecule has 4 rings (SSSR count). The molecular formula is C21H21NO4. The van der Waals surface area contributed by atoms with Gasteiger partial charge in [-0.1, -0.05) is 55.5 Å². The van der Waals surface area contributed by atoms with Crippen LogP contribution in [-0.4, -0.2) is 37.2 Å². The maximum absolute atomic E-state index is 12.2. The summed E-state index contributed by atoms with van der Waals surface area (Å²) in [6.07, 6.45) is -0.183. The summed E-state index contributed by atoms with van der Waals surface area (Å²) < 4.78 is 10.9. The lowest BCUT2D eigenvalue weighted by atomic mass is 9.98. The fourth-order valence-electron chi connectivity index (χ4n) is 3.88. The Bertz CT molecular complexity index is 802. The highest BCUT2D eigenvalue weighted by Crippen LogP contribution is 2.44. The molecule has 2 aromatic rings. The molecule has 1 amide bonds. The van der Waals surface area contributed by atoms with Crippen LogP contribution in [0.3, 0.4) is 0 Å². The molecule has 0 aromatic heterocycles. The van der Waals surface area contributed by atoms with E-state index in [1.54, 1.807) is 0 Å². The first kappa shape index (κ1) is 16.8. The first-order valence-corrected chi connectivity index (χ1v) is 8.95. The van der Waals surface area contributed by atoms with E-state index in [0.29, 0.717) is 6.42 Å². The second-order valence-corrected chi connectivity index (χ2v) is 6.67. The van der Waals surface area contributed by atoms with Crippen LogP contribution in [0, 0.1) is 0 Å². The predicted octanol–water partition coefficient (Wildman–Crippen LogP) is 3.27. The molecule has 2 atom stereocenters. The van der Waals surface area contributed by atoms with Crippen molar-refractivity contribution in [2.75, 3.05) is 13.2 Å². The van der Waals surface area contributed by atoms with Gasteiger partial charge in [0.2, 0.25) is 0 Å². The van der Waals surface area contributed by atoms with Gasteiger partial charge in [-0.2, -0.15) is 0 Å². The number of rotatable bonds is 4. The number of fused-ring (bicyclic) bond motifs is 3. The van der Waals surface area contributed by atoms with Gasteiger partial charge in [-0.05, 0) is 28.7 Å². The first-order chi connectivity index (χ1) is 12.7. The first-order valence-electron chi connectivity index (χ1n) is 8.95. The summed E-state index contributed by atoms with van der Waals surface area (Å²) in [4.78, 5) is 24.1. The molecule has 1 aliphatic heterocycles. The number of Topliss-reactive ketones (excluding diaryl/α,β-unsaturated/α-hetero) is 1. The summed E-state index contributed by atoms with van der Waals surface area (Å²) in [5.41, 5.74) is 4.69. The Labute approximate surface area is 152 Å². The standard InChI is InChI=1S/C21H21NO4/c1-2-19-20(18(23)12-25-19)22-21(24)26-11-17-15-9-5-3-7-13(15)14-8-4-6-10-16(14)17/h3-10,17,19-20H,2,11-12H2,1H3,(H,22,24)/t19-,20+/m0/s1. The minimum absolute atomic E-state index is 0.00523. The van der Waals surface area contributed by atoms with Gasteiger partial charge in [0, 0.05) is 5.92 Å². The van der Waals surface area contributed by atoms with Gasteiger partial charge in [0.25, 0.3) is 0 Å². The predicted molar refractivity (Wildman–Crippen MR) is 97.0 cm³/mol. The van der Waals surface area contributed by atoms with Crippen LogP contribution in [-0.2, 0) is 14.3 Å². The second-order valence-electron chi connectivity index (χ2n) is 6.67. The molecule has 0 unspecified atom stereocenters. The highest BCUT2D eigenvalue weighted by atomic mass is 16.6. The third kappa shape index (κ3) is 2.88. The lowest BCUT2D eigenvalue weighted by molar-refractivity contribution is -0.119. The summed E-state index contributed by atoms with van der Waals surface area (Å²) in [6, 6.07) is 15.7. The third-order valence-corrected chi connectivity index (χ3v) is 5.18. The minimum atomic E-state index is -0.615. The van der Waals surface area contributed by atoms with Gasteiger partial charge in [0.05, 0.1) is 6.10 Å². The summed E-state index contributed by atoms with van der Waals surface area (Å²) in [7, 11) is 0. The maximum Gasteiger partial charge on any atom is 0.407 e. The van der Waals surface area contributed by atoms with Crippen LogP contribution in [0.25, 0.3) is 11.1 Å². The zero-order chi connectivity index (χ0) is 18.1. The number of alkyl carbamates (subject to hydrolysis) is 1. The normalized spacial score (nSPS) is 21.3. The topological polar surface area (TPSA) is 64.6 Å². The lowest BCUT2D eigenvalue weighted by Crippen LogP contribution is -2.45. The summed E-state index contributed by atoms with van der Waals surface area (Å²) >= 11 is 0. The zero-order valence-electron chi connectivity index (χ0n) is 14.6. The van der Waals surface area contributed by atoms with Gasteiger partial charge in [-0.3, -0.25) is 4.79 Å². The quantitative estimate of drug-likeness (QED) is 0.918. The minimum Gasteiger partial charge on any atom is -0.449 e. The van der Waals surface area contributed by atoms with Crippen molar-refractivity contribution in [3.05, 3.63) is 59.7 Å². The molecular weight excluding hydrogens is 330 g/mol. The van der Waals surface area contributed by atoms with E-state index in [1.807, 2.05) is 31.2 Å². The number of carbonyl (C=O) groups excluding carboxylic acids is 2. The Balaban J connectivity index is 1.46. The van der Waals surface area contributed by atoms with E-state index in [4.69, 9.17) is 9.47 Å². The Hall–Kier alpha value is -2.66. The van der Waals surface area contributed by atoms with Crippen LogP contribution in [0.15, 0.2) is 48.5 Å². The summed E-state index contributed by atoms with van der Waals surface area (Å²) in [5.74, 6) is -0.101. The molecule has 0 saturated carbocycles. The molecule has 1 aliphatic carbocycles. The van der Waals surface area contributed by atoms with E-state index < -0.39 is 12.1 Å². The monoisotopic (exact) mass is 351 g/mol. The van der Waals surface area contributed by atoms with Gasteiger partial charge in [-0.15, -0.1) is 0 Å². The Morgan fingerprint density at radius 1 is 1.12 bits per heavy atom. The van der Waals surface area contributed by atoms with E-state index >= 15 is 0 Å². The fraction of sp³-hybridized carbons (Fsp3) is 0.333. The molecule has 26 heavy (non-hydrogen) atoms. The fourth-order valence-corrected chi connectivity index (χ4v) is 3.88. The Morgan fingerprint density at radius 2 is 1.73 bits per heavy atom. The third-order valence-electron chi connectivity index (χ3n) is 5.18. The molecule has 1 fully saturated rings. The van der Waals surface area contributed by atoms with Crippen molar-refractivity contribution in [1.29, 1.82) is 0 Å². The smallest absolute Gasteiger partial charge is 0.407 e. The number of benzene rings is 2. The molecule has 0 bridgehead atoms. The van der Waals surface area contributed by atoms with Crippen molar-refractivity contribution in [2.45, 2.75) is 31.4 Å². The van der Waals surface area contributed by atoms with Crippen molar-refractivity contribution in [3.8, 4) is 11.1 Å². The molecule has 2 aromatic carbocycles. The average Bonchev–Trinajstić information content (AvgIpc) is 3.18. The number of hydrogen-bond acceptors (Lipinski definition) is 4. The second kappa shape index (κ2) is 6.92. The van der Waals surface area contributed by atoms with Crippen molar-refractivity contribution in [3.63, 3.8) is 0 Å². The Morgan fingerprint density at radius 3 is 2.35 bits per heavy atom. The molecule has 1 heterocycles. The number of hydrogen-bond donors (Lipinski definition) is 1. The van der Waals surface area contributed by atoms with E-state index in [0.717, 1.165) is 11.1 Å². The van der Waals surface area contributed by atoms with Gasteiger partial charge < -0.3 is 14.8 Å². The van der Waals surface area contributed by atoms with Crippen LogP contribution >= 0.6 is 0 Å². The maximum atomic E-state index is 12.2.